The third-order valence-electron chi connectivity index (χ3n) is 1.66. The number of nitrogens with zero attached hydrogens (tertiary/aromatic N) is 1. The Morgan fingerprint density at radius 1 is 1.18 bits per heavy atom. The van der Waals surface area contributed by atoms with E-state index >= 15 is 0 Å². The lowest BCUT2D eigenvalue weighted by Gasteiger charge is -2.13. The minimum Gasteiger partial charge on any atom is -0.274 e. The van der Waals surface area contributed by atoms with Gasteiger partial charge in [0.25, 0.3) is 5.91 Å². The lowest BCUT2D eigenvalue weighted by molar-refractivity contribution is -0.0759. The molecule has 1 aromatic rings. The molecule has 1 rings (SSSR count). The highest BCUT2D eigenvalue weighted by molar-refractivity contribution is 5.93. The Morgan fingerprint density at radius 2 is 1.65 bits per heavy atom. The molecule has 0 N–H and O–H groups in total. The molecule has 0 saturated heterocycles. The van der Waals surface area contributed by atoms with Gasteiger partial charge in [0.1, 0.15) is 5.82 Å². The van der Waals surface area contributed by atoms with Crippen LogP contribution in [0, 0.1) is 5.82 Å². The van der Waals surface area contributed by atoms with Crippen LogP contribution in [0.5, 0.6) is 0 Å². The fraction of sp³-hybridized carbons (Fsp3) is 0.462. The van der Waals surface area contributed by atoms with Gasteiger partial charge in [0.15, 0.2) is 0 Å². The standard InChI is InChI=1S/C9H10FNO2.2C2H6/c1-11(13-2)9(12)7-5-3-4-6-8(7)10;2*1-2/h3-6H,1-2H3;2*1-2H3. The first-order chi connectivity index (χ1) is 8.16. The molecule has 3 nitrogen and oxygen atoms in total. The number of rotatable bonds is 2. The number of carbonyl (C=O) groups is 1. The lowest BCUT2D eigenvalue weighted by atomic mass is 10.2. The van der Waals surface area contributed by atoms with Crippen LogP contribution in [0.4, 0.5) is 4.39 Å². The number of hydrogen-bond acceptors (Lipinski definition) is 2. The summed E-state index contributed by atoms with van der Waals surface area (Å²) in [6, 6.07) is 5.77. The van der Waals surface area contributed by atoms with Crippen molar-refractivity contribution in [1.29, 1.82) is 0 Å². The molecule has 0 bridgehead atoms. The summed E-state index contributed by atoms with van der Waals surface area (Å²) >= 11 is 0. The second kappa shape index (κ2) is 11.1. The monoisotopic (exact) mass is 243 g/mol. The second-order valence-corrected chi connectivity index (χ2v) is 2.47. The first kappa shape index (κ1) is 18.0. The maximum atomic E-state index is 13.0. The number of hydroxylamine groups is 2. The van der Waals surface area contributed by atoms with E-state index in [1.165, 1.54) is 32.4 Å². The van der Waals surface area contributed by atoms with Gasteiger partial charge in [0.2, 0.25) is 0 Å². The molecular weight excluding hydrogens is 221 g/mol. The molecule has 98 valence electrons. The Labute approximate surface area is 103 Å². The fourth-order valence-corrected chi connectivity index (χ4v) is 0.887. The minimum atomic E-state index is -0.545. The van der Waals surface area contributed by atoms with Gasteiger partial charge >= 0.3 is 0 Å². The highest BCUT2D eigenvalue weighted by Crippen LogP contribution is 2.08. The number of amides is 1. The molecule has 0 radical (unpaired) electrons. The second-order valence-electron chi connectivity index (χ2n) is 2.47. The molecular formula is C13H22FNO2. The summed E-state index contributed by atoms with van der Waals surface area (Å²) in [5, 5.41) is 0.971. The molecule has 0 aliphatic heterocycles. The molecule has 1 aromatic carbocycles. The van der Waals surface area contributed by atoms with E-state index in [-0.39, 0.29) is 5.56 Å². The molecule has 0 aliphatic carbocycles. The summed E-state index contributed by atoms with van der Waals surface area (Å²) in [7, 11) is 2.77. The molecule has 0 unspecified atom stereocenters. The summed E-state index contributed by atoms with van der Waals surface area (Å²) in [5.74, 6) is -1.04. The minimum absolute atomic E-state index is 0.00634. The van der Waals surface area contributed by atoms with Gasteiger partial charge in [0.05, 0.1) is 12.7 Å². The Hall–Kier alpha value is -1.42. The average molecular weight is 243 g/mol. The SMILES string of the molecule is CC.CC.CON(C)C(=O)c1ccccc1F. The molecule has 4 heteroatoms. The van der Waals surface area contributed by atoms with Crippen LogP contribution >= 0.6 is 0 Å². The van der Waals surface area contributed by atoms with Crippen LogP contribution < -0.4 is 0 Å². The van der Waals surface area contributed by atoms with E-state index in [9.17, 15) is 9.18 Å². The molecule has 0 aliphatic rings. The first-order valence-corrected chi connectivity index (χ1v) is 5.73. The summed E-state index contributed by atoms with van der Waals surface area (Å²) in [6.45, 7) is 8.00. The Bertz CT molecular complexity index is 316. The smallest absolute Gasteiger partial charge is 0.274 e. The van der Waals surface area contributed by atoms with Crippen molar-refractivity contribution in [2.45, 2.75) is 27.7 Å². The maximum absolute atomic E-state index is 13.0. The van der Waals surface area contributed by atoms with Crippen molar-refractivity contribution in [2.24, 2.45) is 0 Å². The van der Waals surface area contributed by atoms with E-state index in [1.54, 1.807) is 6.07 Å². The lowest BCUT2D eigenvalue weighted by Crippen LogP contribution is -2.26. The molecule has 0 spiro atoms. The Kier molecular flexibility index (Phi) is 11.7. The van der Waals surface area contributed by atoms with Crippen LogP contribution in [0.3, 0.4) is 0 Å². The van der Waals surface area contributed by atoms with Gasteiger partial charge in [0, 0.05) is 7.05 Å². The van der Waals surface area contributed by atoms with Crippen molar-refractivity contribution in [3.05, 3.63) is 35.6 Å². The van der Waals surface area contributed by atoms with E-state index in [4.69, 9.17) is 0 Å². The molecule has 1 amide bonds. The van der Waals surface area contributed by atoms with Crippen molar-refractivity contribution < 1.29 is 14.0 Å². The predicted octanol–water partition coefficient (Wildman–Crippen LogP) is 3.51. The average Bonchev–Trinajstić information content (AvgIpc) is 2.42. The van der Waals surface area contributed by atoms with Crippen molar-refractivity contribution >= 4 is 5.91 Å². The van der Waals surface area contributed by atoms with Crippen LogP contribution in [0.15, 0.2) is 24.3 Å². The van der Waals surface area contributed by atoms with Crippen LogP contribution in [-0.4, -0.2) is 25.1 Å². The Balaban J connectivity index is 0. The summed E-state index contributed by atoms with van der Waals surface area (Å²) in [6.07, 6.45) is 0. The van der Waals surface area contributed by atoms with Gasteiger partial charge in [-0.25, -0.2) is 9.45 Å². The normalized spacial score (nSPS) is 8.18. The van der Waals surface area contributed by atoms with Crippen LogP contribution in [-0.2, 0) is 4.84 Å². The third-order valence-corrected chi connectivity index (χ3v) is 1.66. The zero-order valence-corrected chi connectivity index (χ0v) is 11.5. The van der Waals surface area contributed by atoms with E-state index < -0.39 is 11.7 Å². The van der Waals surface area contributed by atoms with Crippen LogP contribution in [0.1, 0.15) is 38.1 Å². The van der Waals surface area contributed by atoms with E-state index in [0.29, 0.717) is 0 Å². The van der Waals surface area contributed by atoms with E-state index in [0.717, 1.165) is 5.06 Å². The zero-order valence-electron chi connectivity index (χ0n) is 11.5. The number of benzene rings is 1. The number of carbonyl (C=O) groups excluding carboxylic acids is 1. The van der Waals surface area contributed by atoms with Gasteiger partial charge in [-0.2, -0.15) is 0 Å². The Morgan fingerprint density at radius 3 is 2.06 bits per heavy atom. The third kappa shape index (κ3) is 6.02. The van der Waals surface area contributed by atoms with Crippen LogP contribution in [0.2, 0.25) is 0 Å². The largest absolute Gasteiger partial charge is 0.280 e. The van der Waals surface area contributed by atoms with Gasteiger partial charge in [-0.1, -0.05) is 39.8 Å². The highest BCUT2D eigenvalue weighted by Gasteiger charge is 2.14. The van der Waals surface area contributed by atoms with Crippen molar-refractivity contribution in [1.82, 2.24) is 5.06 Å². The highest BCUT2D eigenvalue weighted by atomic mass is 19.1. The van der Waals surface area contributed by atoms with Gasteiger partial charge in [-0.05, 0) is 12.1 Å². The van der Waals surface area contributed by atoms with E-state index in [2.05, 4.69) is 4.84 Å². The van der Waals surface area contributed by atoms with Crippen molar-refractivity contribution in [2.75, 3.05) is 14.2 Å². The van der Waals surface area contributed by atoms with Crippen LogP contribution in [0.25, 0.3) is 0 Å². The number of hydrogen-bond donors (Lipinski definition) is 0. The van der Waals surface area contributed by atoms with Gasteiger partial charge < -0.3 is 0 Å². The molecule has 17 heavy (non-hydrogen) atoms. The fourth-order valence-electron chi connectivity index (χ4n) is 0.887. The molecule has 0 atom stereocenters. The van der Waals surface area contributed by atoms with E-state index in [1.807, 2.05) is 27.7 Å². The predicted molar refractivity (Wildman–Crippen MR) is 68.2 cm³/mol. The summed E-state index contributed by atoms with van der Waals surface area (Å²) < 4.78 is 13.0. The number of halogens is 1. The molecule has 0 heterocycles. The molecule has 0 fully saturated rings. The van der Waals surface area contributed by atoms with Gasteiger partial charge in [-0.3, -0.25) is 9.63 Å². The quantitative estimate of drug-likeness (QED) is 0.744. The zero-order chi connectivity index (χ0) is 13.8. The topological polar surface area (TPSA) is 29.5 Å². The maximum Gasteiger partial charge on any atom is 0.280 e. The van der Waals surface area contributed by atoms with Crippen molar-refractivity contribution in [3.63, 3.8) is 0 Å². The first-order valence-electron chi connectivity index (χ1n) is 5.73. The molecule has 0 aromatic heterocycles. The van der Waals surface area contributed by atoms with Crippen molar-refractivity contribution in [3.8, 4) is 0 Å². The summed E-state index contributed by atoms with van der Waals surface area (Å²) in [4.78, 5) is 16.0. The van der Waals surface area contributed by atoms with Gasteiger partial charge in [-0.15, -0.1) is 0 Å². The summed E-state index contributed by atoms with van der Waals surface area (Å²) in [5.41, 5.74) is 0.00634. The molecule has 0 saturated carbocycles.